The number of ether oxygens (including phenoxy) is 3. The molecule has 7 nitrogen and oxygen atoms in total. The smallest absolute Gasteiger partial charge is 0.341 e. The van der Waals surface area contributed by atoms with Crippen molar-refractivity contribution in [1.82, 2.24) is 4.98 Å². The van der Waals surface area contributed by atoms with Gasteiger partial charge >= 0.3 is 5.97 Å². The zero-order valence-electron chi connectivity index (χ0n) is 17.6. The highest BCUT2D eigenvalue weighted by Gasteiger charge is 2.16. The number of pyridine rings is 1. The molecule has 0 aliphatic rings. The normalized spacial score (nSPS) is 11.3. The third-order valence-corrected chi connectivity index (χ3v) is 4.59. The molecular weight excluding hydrogens is 398 g/mol. The fourth-order valence-electron chi connectivity index (χ4n) is 3.12. The van der Waals surface area contributed by atoms with E-state index in [4.69, 9.17) is 14.2 Å². The van der Waals surface area contributed by atoms with Crippen LogP contribution in [0.2, 0.25) is 0 Å². The summed E-state index contributed by atoms with van der Waals surface area (Å²) < 4.78 is 16.3. The minimum atomic E-state index is -0.671. The zero-order chi connectivity index (χ0) is 22.4. The third kappa shape index (κ3) is 5.19. The van der Waals surface area contributed by atoms with Gasteiger partial charge in [-0.25, -0.2) is 4.79 Å². The number of carbonyl (C=O) groups excluding carboxylic acids is 2. The second kappa shape index (κ2) is 9.75. The molecule has 1 heterocycles. The quantitative estimate of drug-likeness (QED) is 0.258. The summed E-state index contributed by atoms with van der Waals surface area (Å²) in [5.74, 6) is -0.173. The lowest BCUT2D eigenvalue weighted by molar-refractivity contribution is -0.139. The Bertz CT molecular complexity index is 1210. The lowest BCUT2D eigenvalue weighted by atomic mass is 10.1. The molecule has 0 spiro atoms. The number of ketones is 1. The third-order valence-electron chi connectivity index (χ3n) is 4.59. The van der Waals surface area contributed by atoms with Gasteiger partial charge in [0.05, 0.1) is 13.7 Å². The Morgan fingerprint density at radius 1 is 1.06 bits per heavy atom. The van der Waals surface area contributed by atoms with E-state index in [1.165, 1.54) is 26.2 Å². The van der Waals surface area contributed by atoms with E-state index in [1.54, 1.807) is 25.1 Å². The van der Waals surface area contributed by atoms with Gasteiger partial charge in [0, 0.05) is 22.5 Å². The van der Waals surface area contributed by atoms with E-state index in [2.05, 4.69) is 4.98 Å². The van der Waals surface area contributed by atoms with Crippen molar-refractivity contribution in [3.63, 3.8) is 0 Å². The first kappa shape index (κ1) is 21.8. The standard InChI is InChI=1S/C24H23NO6/c1-4-30-24(28)19(15(2)26)11-16-9-10-21(22(12-16)29-3)31-14-17-13-23(27)25-20-8-6-5-7-18(17)20/h5-13H,4,14H2,1-3H3,(H,25,27)/b19-11+. The van der Waals surface area contributed by atoms with Crippen LogP contribution in [-0.2, 0) is 20.9 Å². The van der Waals surface area contributed by atoms with Crippen LogP contribution in [0.4, 0.5) is 0 Å². The first-order chi connectivity index (χ1) is 14.9. The van der Waals surface area contributed by atoms with E-state index in [9.17, 15) is 14.4 Å². The molecule has 0 saturated carbocycles. The van der Waals surface area contributed by atoms with Crippen LogP contribution in [0.5, 0.6) is 11.5 Å². The van der Waals surface area contributed by atoms with Gasteiger partial charge in [-0.2, -0.15) is 0 Å². The summed E-state index contributed by atoms with van der Waals surface area (Å²) in [4.78, 5) is 38.6. The summed E-state index contributed by atoms with van der Waals surface area (Å²) in [6, 6.07) is 14.0. The van der Waals surface area contributed by atoms with Crippen LogP contribution in [0.15, 0.2) is 58.9 Å². The van der Waals surface area contributed by atoms with Gasteiger partial charge in [-0.3, -0.25) is 9.59 Å². The maximum atomic E-state index is 12.0. The van der Waals surface area contributed by atoms with Gasteiger partial charge in [-0.15, -0.1) is 0 Å². The number of benzene rings is 2. The molecule has 0 radical (unpaired) electrons. The van der Waals surface area contributed by atoms with Crippen molar-refractivity contribution in [2.24, 2.45) is 0 Å². The number of esters is 1. The van der Waals surface area contributed by atoms with E-state index in [-0.39, 0.29) is 30.1 Å². The Kier molecular flexibility index (Phi) is 6.87. The van der Waals surface area contributed by atoms with E-state index >= 15 is 0 Å². The monoisotopic (exact) mass is 421 g/mol. The van der Waals surface area contributed by atoms with Crippen molar-refractivity contribution in [3.05, 3.63) is 75.6 Å². The maximum Gasteiger partial charge on any atom is 0.341 e. The number of hydrogen-bond acceptors (Lipinski definition) is 6. The lowest BCUT2D eigenvalue weighted by Crippen LogP contribution is -2.13. The molecule has 3 rings (SSSR count). The van der Waals surface area contributed by atoms with Crippen molar-refractivity contribution < 1.29 is 23.8 Å². The van der Waals surface area contributed by atoms with Gasteiger partial charge in [-0.05, 0) is 43.7 Å². The minimum absolute atomic E-state index is 0.0486. The predicted molar refractivity (Wildman–Crippen MR) is 117 cm³/mol. The highest BCUT2D eigenvalue weighted by Crippen LogP contribution is 2.30. The first-order valence-electron chi connectivity index (χ1n) is 9.74. The summed E-state index contributed by atoms with van der Waals surface area (Å²) in [7, 11) is 1.50. The van der Waals surface area contributed by atoms with Crippen LogP contribution in [0.25, 0.3) is 17.0 Å². The number of para-hydroxylation sites is 1. The van der Waals surface area contributed by atoms with Gasteiger partial charge in [0.15, 0.2) is 17.3 Å². The molecule has 0 unspecified atom stereocenters. The average Bonchev–Trinajstić information content (AvgIpc) is 2.75. The Hall–Kier alpha value is -3.87. The lowest BCUT2D eigenvalue weighted by Gasteiger charge is -2.13. The number of fused-ring (bicyclic) bond motifs is 1. The molecule has 0 fully saturated rings. The molecule has 0 saturated heterocycles. The average molecular weight is 421 g/mol. The Balaban J connectivity index is 1.87. The molecule has 3 aromatic rings. The van der Waals surface area contributed by atoms with Crippen LogP contribution in [0.3, 0.4) is 0 Å². The van der Waals surface area contributed by atoms with E-state index in [0.717, 1.165) is 16.5 Å². The van der Waals surface area contributed by atoms with Crippen molar-refractivity contribution in [1.29, 1.82) is 0 Å². The second-order valence-electron chi connectivity index (χ2n) is 6.74. The second-order valence-corrected chi connectivity index (χ2v) is 6.74. The van der Waals surface area contributed by atoms with Gasteiger partial charge < -0.3 is 19.2 Å². The van der Waals surface area contributed by atoms with Gasteiger partial charge in [0.1, 0.15) is 12.2 Å². The largest absolute Gasteiger partial charge is 0.493 e. The number of Topliss-reactive ketones (excluding diaryl/α,β-unsaturated/α-hetero) is 1. The summed E-state index contributed by atoms with van der Waals surface area (Å²) in [5, 5.41) is 0.890. The van der Waals surface area contributed by atoms with Gasteiger partial charge in [0.2, 0.25) is 5.56 Å². The molecule has 1 aromatic heterocycles. The van der Waals surface area contributed by atoms with Crippen LogP contribution < -0.4 is 15.0 Å². The van der Waals surface area contributed by atoms with Crippen LogP contribution in [0.1, 0.15) is 25.0 Å². The van der Waals surface area contributed by atoms with Gasteiger partial charge in [0.25, 0.3) is 0 Å². The number of aromatic amines is 1. The highest BCUT2D eigenvalue weighted by molar-refractivity contribution is 6.19. The summed E-state index contributed by atoms with van der Waals surface area (Å²) >= 11 is 0. The summed E-state index contributed by atoms with van der Waals surface area (Å²) in [5.41, 5.74) is 1.81. The SMILES string of the molecule is CCOC(=O)/C(=C/c1ccc(OCc2cc(=O)[nH]c3ccccc23)c(OC)c1)C(C)=O. The summed E-state index contributed by atoms with van der Waals surface area (Å²) in [6.45, 7) is 3.33. The van der Waals surface area contributed by atoms with Crippen LogP contribution >= 0.6 is 0 Å². The van der Waals surface area contributed by atoms with E-state index in [0.29, 0.717) is 17.1 Å². The molecule has 0 aliphatic heterocycles. The van der Waals surface area contributed by atoms with Crippen LogP contribution in [-0.4, -0.2) is 30.5 Å². The highest BCUT2D eigenvalue weighted by atomic mass is 16.5. The molecule has 7 heteroatoms. The van der Waals surface area contributed by atoms with Crippen molar-refractivity contribution in [2.75, 3.05) is 13.7 Å². The molecule has 31 heavy (non-hydrogen) atoms. The Labute approximate surface area is 179 Å². The number of carbonyl (C=O) groups is 2. The number of hydrogen-bond donors (Lipinski definition) is 1. The predicted octanol–water partition coefficient (Wildman–Crippen LogP) is 3.65. The fourth-order valence-corrected chi connectivity index (χ4v) is 3.12. The molecule has 0 aliphatic carbocycles. The molecule has 0 atom stereocenters. The Morgan fingerprint density at radius 3 is 2.55 bits per heavy atom. The molecule has 2 aromatic carbocycles. The Morgan fingerprint density at radius 2 is 1.84 bits per heavy atom. The fraction of sp³-hybridized carbons (Fsp3) is 0.208. The van der Waals surface area contributed by atoms with Crippen molar-refractivity contribution in [3.8, 4) is 11.5 Å². The minimum Gasteiger partial charge on any atom is -0.493 e. The number of aromatic nitrogens is 1. The molecule has 0 bridgehead atoms. The molecule has 1 N–H and O–H groups in total. The van der Waals surface area contributed by atoms with Crippen molar-refractivity contribution in [2.45, 2.75) is 20.5 Å². The maximum absolute atomic E-state index is 12.0. The van der Waals surface area contributed by atoms with E-state index < -0.39 is 5.97 Å². The number of methoxy groups -OCH3 is 1. The number of nitrogens with one attached hydrogen (secondary N) is 1. The van der Waals surface area contributed by atoms with Crippen molar-refractivity contribution >= 4 is 28.7 Å². The number of rotatable bonds is 8. The topological polar surface area (TPSA) is 94.7 Å². The van der Waals surface area contributed by atoms with Gasteiger partial charge in [-0.1, -0.05) is 24.3 Å². The van der Waals surface area contributed by atoms with Crippen LogP contribution in [0, 0.1) is 0 Å². The summed E-state index contributed by atoms with van der Waals surface area (Å²) in [6.07, 6.45) is 1.46. The molecular formula is C24H23NO6. The van der Waals surface area contributed by atoms with E-state index in [1.807, 2.05) is 24.3 Å². The molecule has 160 valence electrons. The molecule has 0 amide bonds. The zero-order valence-corrected chi connectivity index (χ0v) is 17.6. The first-order valence-corrected chi connectivity index (χ1v) is 9.74. The number of H-pyrrole nitrogens is 1.